The zero-order valence-corrected chi connectivity index (χ0v) is 22.0. The maximum atomic E-state index is 13.7. The molecule has 9 heteroatoms. The molecule has 1 atom stereocenters. The summed E-state index contributed by atoms with van der Waals surface area (Å²) in [5.74, 6) is -0.673. The third-order valence-electron chi connectivity index (χ3n) is 7.23. The predicted octanol–water partition coefficient (Wildman–Crippen LogP) is 4.77. The Bertz CT molecular complexity index is 1240. The second-order valence-electron chi connectivity index (χ2n) is 9.70. The van der Waals surface area contributed by atoms with Crippen molar-refractivity contribution in [3.8, 4) is 5.75 Å². The number of carbonyl (C=O) groups excluding carboxylic acids is 2. The molecule has 200 valence electrons. The smallest absolute Gasteiger partial charge is 0.254 e. The first-order chi connectivity index (χ1) is 18.5. The minimum atomic E-state index is -0.412. The minimum absolute atomic E-state index is 0.0728. The first-order valence-electron chi connectivity index (χ1n) is 13.0. The zero-order valence-electron chi connectivity index (χ0n) is 21.2. The van der Waals surface area contributed by atoms with Gasteiger partial charge >= 0.3 is 0 Å². The summed E-state index contributed by atoms with van der Waals surface area (Å²) >= 11 is 1.66. The average Bonchev–Trinajstić information content (AvgIpc) is 3.63. The average molecular weight is 540 g/mol. The van der Waals surface area contributed by atoms with Crippen molar-refractivity contribution in [1.29, 1.82) is 0 Å². The molecule has 6 nitrogen and oxygen atoms in total. The molecule has 3 aromatic rings. The highest BCUT2D eigenvalue weighted by molar-refractivity contribution is 7.10. The van der Waals surface area contributed by atoms with Crippen molar-refractivity contribution in [2.24, 2.45) is 0 Å². The van der Waals surface area contributed by atoms with Crippen LogP contribution in [0.1, 0.15) is 39.7 Å². The Kier molecular flexibility index (Phi) is 8.34. The van der Waals surface area contributed by atoms with Crippen LogP contribution < -0.4 is 4.74 Å². The van der Waals surface area contributed by atoms with E-state index in [2.05, 4.69) is 4.90 Å². The van der Waals surface area contributed by atoms with Gasteiger partial charge in [-0.05, 0) is 97.9 Å². The van der Waals surface area contributed by atoms with E-state index in [-0.39, 0.29) is 36.8 Å². The predicted molar refractivity (Wildman–Crippen MR) is 142 cm³/mol. The third kappa shape index (κ3) is 6.22. The normalized spacial score (nSPS) is 17.3. The standard InChI is InChI=1S/C29H31F2N3O3S/c30-22-5-3-21(4-6-22)29(36)33(17-16-32-13-1-2-14-32)19-28(35)34-15-11-27-25(12-18-38-27)26(34)20-37-24-9-7-23(31)8-10-24/h3-10,12,18,26H,1-2,11,13-17,19-20H2. The summed E-state index contributed by atoms with van der Waals surface area (Å²) < 4.78 is 32.8. The maximum Gasteiger partial charge on any atom is 0.254 e. The number of ether oxygens (including phenoxy) is 1. The number of fused-ring (bicyclic) bond motifs is 1. The lowest BCUT2D eigenvalue weighted by molar-refractivity contribution is -0.135. The largest absolute Gasteiger partial charge is 0.491 e. The van der Waals surface area contributed by atoms with Crippen molar-refractivity contribution in [2.75, 3.05) is 45.9 Å². The van der Waals surface area contributed by atoms with Crippen LogP contribution in [0.4, 0.5) is 8.78 Å². The molecule has 2 aliphatic heterocycles. The van der Waals surface area contributed by atoms with Crippen LogP contribution >= 0.6 is 11.3 Å². The Labute approximate surface area is 225 Å². The van der Waals surface area contributed by atoms with Gasteiger partial charge in [-0.25, -0.2) is 8.78 Å². The van der Waals surface area contributed by atoms with Gasteiger partial charge in [0.05, 0.1) is 6.04 Å². The molecule has 0 N–H and O–H groups in total. The van der Waals surface area contributed by atoms with Crippen LogP contribution in [0.3, 0.4) is 0 Å². The van der Waals surface area contributed by atoms with Crippen LogP contribution in [0.5, 0.6) is 5.75 Å². The lowest BCUT2D eigenvalue weighted by Crippen LogP contribution is -2.49. The van der Waals surface area contributed by atoms with Crippen LogP contribution in [0.25, 0.3) is 0 Å². The molecule has 0 spiro atoms. The number of hydrogen-bond donors (Lipinski definition) is 0. The summed E-state index contributed by atoms with van der Waals surface area (Å²) in [6.07, 6.45) is 3.01. The Morgan fingerprint density at radius 3 is 2.34 bits per heavy atom. The van der Waals surface area contributed by atoms with Gasteiger partial charge in [-0.1, -0.05) is 0 Å². The molecule has 1 unspecified atom stereocenters. The molecule has 2 aromatic carbocycles. The number of nitrogens with zero attached hydrogens (tertiary/aromatic N) is 3. The monoisotopic (exact) mass is 539 g/mol. The molecule has 2 aliphatic rings. The topological polar surface area (TPSA) is 53.1 Å². The van der Waals surface area contributed by atoms with E-state index in [0.717, 1.165) is 37.9 Å². The minimum Gasteiger partial charge on any atom is -0.491 e. The number of halogens is 2. The third-order valence-corrected chi connectivity index (χ3v) is 8.22. The summed E-state index contributed by atoms with van der Waals surface area (Å²) in [4.78, 5) is 34.1. The Balaban J connectivity index is 1.33. The molecule has 0 radical (unpaired) electrons. The molecule has 38 heavy (non-hydrogen) atoms. The van der Waals surface area contributed by atoms with Crippen LogP contribution in [0.2, 0.25) is 0 Å². The highest BCUT2D eigenvalue weighted by atomic mass is 32.1. The highest BCUT2D eigenvalue weighted by Crippen LogP contribution is 2.34. The van der Waals surface area contributed by atoms with Gasteiger partial charge in [-0.2, -0.15) is 0 Å². The van der Waals surface area contributed by atoms with Crippen molar-refractivity contribution in [1.82, 2.24) is 14.7 Å². The van der Waals surface area contributed by atoms with Gasteiger partial charge in [-0.15, -0.1) is 11.3 Å². The number of thiophene rings is 1. The van der Waals surface area contributed by atoms with Crippen molar-refractivity contribution in [3.05, 3.63) is 87.6 Å². The first kappa shape index (κ1) is 26.3. The van der Waals surface area contributed by atoms with E-state index in [1.165, 1.54) is 41.3 Å². The fourth-order valence-electron chi connectivity index (χ4n) is 5.13. The van der Waals surface area contributed by atoms with Crippen LogP contribution in [-0.2, 0) is 11.2 Å². The first-order valence-corrected chi connectivity index (χ1v) is 13.9. The van der Waals surface area contributed by atoms with E-state index < -0.39 is 5.82 Å². The van der Waals surface area contributed by atoms with Gasteiger partial charge in [0.2, 0.25) is 5.91 Å². The molecule has 1 fully saturated rings. The van der Waals surface area contributed by atoms with Crippen molar-refractivity contribution < 1.29 is 23.1 Å². The lowest BCUT2D eigenvalue weighted by atomic mass is 10.0. The Hall–Kier alpha value is -3.30. The number of hydrogen-bond acceptors (Lipinski definition) is 5. The second-order valence-corrected chi connectivity index (χ2v) is 10.7. The van der Waals surface area contributed by atoms with E-state index >= 15 is 0 Å². The fourth-order valence-corrected chi connectivity index (χ4v) is 6.06. The molecule has 5 rings (SSSR count). The molecule has 1 aromatic heterocycles. The summed E-state index contributed by atoms with van der Waals surface area (Å²) in [5, 5.41) is 2.02. The maximum absolute atomic E-state index is 13.7. The zero-order chi connectivity index (χ0) is 26.5. The molecule has 0 aliphatic carbocycles. The van der Waals surface area contributed by atoms with Crippen LogP contribution in [0.15, 0.2) is 60.0 Å². The summed E-state index contributed by atoms with van der Waals surface area (Å²) in [6.45, 7) is 3.75. The highest BCUT2D eigenvalue weighted by Gasteiger charge is 2.34. The fraction of sp³-hybridized carbons (Fsp3) is 0.379. The summed E-state index contributed by atoms with van der Waals surface area (Å²) in [7, 11) is 0. The van der Waals surface area contributed by atoms with E-state index in [9.17, 15) is 18.4 Å². The number of benzene rings is 2. The van der Waals surface area contributed by atoms with E-state index in [4.69, 9.17) is 4.74 Å². The van der Waals surface area contributed by atoms with E-state index in [0.29, 0.717) is 30.9 Å². The van der Waals surface area contributed by atoms with Gasteiger partial charge in [0.1, 0.15) is 30.5 Å². The number of rotatable bonds is 9. The van der Waals surface area contributed by atoms with E-state index in [1.807, 2.05) is 11.4 Å². The quantitative estimate of drug-likeness (QED) is 0.393. The molecule has 3 heterocycles. The van der Waals surface area contributed by atoms with Crippen molar-refractivity contribution in [3.63, 3.8) is 0 Å². The SMILES string of the molecule is O=C(c1ccc(F)cc1)N(CCN1CCCC1)CC(=O)N1CCc2sccc2C1COc1ccc(F)cc1. The summed E-state index contributed by atoms with van der Waals surface area (Å²) in [5.41, 5.74) is 1.40. The van der Waals surface area contributed by atoms with Gasteiger partial charge in [0.15, 0.2) is 0 Å². The molecular weight excluding hydrogens is 508 g/mol. The molecule has 1 saturated heterocycles. The summed E-state index contributed by atoms with van der Waals surface area (Å²) in [6, 6.07) is 13.0. The number of carbonyl (C=O) groups is 2. The Morgan fingerprint density at radius 1 is 0.947 bits per heavy atom. The van der Waals surface area contributed by atoms with Crippen molar-refractivity contribution in [2.45, 2.75) is 25.3 Å². The van der Waals surface area contributed by atoms with Gasteiger partial charge in [-0.3, -0.25) is 9.59 Å². The molecule has 0 bridgehead atoms. The second kappa shape index (κ2) is 12.0. The van der Waals surface area contributed by atoms with Crippen LogP contribution in [0, 0.1) is 11.6 Å². The van der Waals surface area contributed by atoms with Gasteiger partial charge < -0.3 is 19.4 Å². The van der Waals surface area contributed by atoms with E-state index in [1.54, 1.807) is 33.3 Å². The Morgan fingerprint density at radius 2 is 1.63 bits per heavy atom. The molecular formula is C29H31F2N3O3S. The molecule has 0 saturated carbocycles. The van der Waals surface area contributed by atoms with Gasteiger partial charge in [0, 0.05) is 30.1 Å². The number of likely N-dealkylation sites (tertiary alicyclic amines) is 1. The van der Waals surface area contributed by atoms with Crippen LogP contribution in [-0.4, -0.2) is 72.4 Å². The lowest BCUT2D eigenvalue weighted by Gasteiger charge is -2.37. The van der Waals surface area contributed by atoms with Crippen molar-refractivity contribution >= 4 is 23.2 Å². The molecule has 2 amide bonds. The number of amides is 2. The van der Waals surface area contributed by atoms with Gasteiger partial charge in [0.25, 0.3) is 5.91 Å².